The predicted molar refractivity (Wildman–Crippen MR) is 57.9 cm³/mol. The Morgan fingerprint density at radius 3 is 2.86 bits per heavy atom. The molecule has 1 heterocycles. The number of hydrogen-bond acceptors (Lipinski definition) is 4. The fourth-order valence-corrected chi connectivity index (χ4v) is 2.57. The molecular weight excluding hydrogens is 200 g/mol. The number of carbonyl (C=O) groups excluding carboxylic acids is 1. The topological polar surface area (TPSA) is 64.3 Å². The van der Waals surface area contributed by atoms with Crippen LogP contribution in [0.2, 0.25) is 0 Å². The first kappa shape index (κ1) is 11.8. The van der Waals surface area contributed by atoms with Crippen molar-refractivity contribution in [1.29, 1.82) is 0 Å². The van der Waals surface area contributed by atoms with Crippen LogP contribution < -0.4 is 11.3 Å². The van der Waals surface area contributed by atoms with Gasteiger partial charge in [0.1, 0.15) is 0 Å². The van der Waals surface area contributed by atoms with Crippen LogP contribution >= 0.6 is 11.8 Å². The van der Waals surface area contributed by atoms with E-state index in [2.05, 4.69) is 5.43 Å². The third-order valence-corrected chi connectivity index (χ3v) is 3.70. The van der Waals surface area contributed by atoms with E-state index >= 15 is 0 Å². The fourth-order valence-electron chi connectivity index (χ4n) is 1.40. The van der Waals surface area contributed by atoms with Crippen molar-refractivity contribution >= 4 is 17.7 Å². The Morgan fingerprint density at radius 1 is 1.50 bits per heavy atom. The van der Waals surface area contributed by atoms with E-state index in [-0.39, 0.29) is 5.91 Å². The molecule has 0 atom stereocenters. The maximum atomic E-state index is 10.8. The van der Waals surface area contributed by atoms with Crippen LogP contribution in [-0.2, 0) is 9.53 Å². The molecule has 0 aromatic heterocycles. The van der Waals surface area contributed by atoms with Crippen molar-refractivity contribution < 1.29 is 9.53 Å². The van der Waals surface area contributed by atoms with Crippen molar-refractivity contribution in [2.45, 2.75) is 30.9 Å². The third kappa shape index (κ3) is 4.83. The van der Waals surface area contributed by atoms with Crippen LogP contribution in [0, 0.1) is 0 Å². The summed E-state index contributed by atoms with van der Waals surface area (Å²) in [7, 11) is 0. The molecule has 0 bridgehead atoms. The van der Waals surface area contributed by atoms with E-state index in [1.165, 1.54) is 0 Å². The van der Waals surface area contributed by atoms with Gasteiger partial charge in [0, 0.05) is 24.9 Å². The average Bonchev–Trinajstić information content (AvgIpc) is 2.25. The molecule has 0 aliphatic carbocycles. The number of amides is 1. The summed E-state index contributed by atoms with van der Waals surface area (Å²) in [5, 5.41) is 0.727. The minimum Gasteiger partial charge on any atom is -0.381 e. The van der Waals surface area contributed by atoms with Gasteiger partial charge in [0.15, 0.2) is 0 Å². The molecule has 0 aromatic carbocycles. The van der Waals surface area contributed by atoms with Gasteiger partial charge in [0.05, 0.1) is 0 Å². The second-order valence-corrected chi connectivity index (χ2v) is 4.76. The van der Waals surface area contributed by atoms with Gasteiger partial charge in [0.2, 0.25) is 5.91 Å². The highest BCUT2D eigenvalue weighted by molar-refractivity contribution is 7.99. The van der Waals surface area contributed by atoms with Crippen molar-refractivity contribution in [1.82, 2.24) is 5.43 Å². The molecular formula is C9H18N2O2S. The van der Waals surface area contributed by atoms with Gasteiger partial charge in [-0.3, -0.25) is 10.2 Å². The third-order valence-electron chi connectivity index (χ3n) is 2.23. The number of rotatable bonds is 5. The number of ether oxygens (including phenoxy) is 1. The molecule has 1 aliphatic rings. The van der Waals surface area contributed by atoms with Crippen LogP contribution in [0.5, 0.6) is 0 Å². The number of nitrogens with two attached hydrogens (primary N) is 1. The molecule has 0 radical (unpaired) electrons. The molecule has 3 N–H and O–H groups in total. The summed E-state index contributed by atoms with van der Waals surface area (Å²) in [4.78, 5) is 10.8. The molecule has 1 rings (SSSR count). The summed E-state index contributed by atoms with van der Waals surface area (Å²) in [6.07, 6.45) is 3.74. The van der Waals surface area contributed by atoms with Crippen LogP contribution in [-0.4, -0.2) is 30.1 Å². The van der Waals surface area contributed by atoms with Crippen molar-refractivity contribution in [3.8, 4) is 0 Å². The Bertz CT molecular complexity index is 172. The Hall–Kier alpha value is -0.260. The summed E-state index contributed by atoms with van der Waals surface area (Å²) < 4.78 is 5.27. The summed E-state index contributed by atoms with van der Waals surface area (Å²) in [6.45, 7) is 1.78. The lowest BCUT2D eigenvalue weighted by Crippen LogP contribution is -2.29. The van der Waals surface area contributed by atoms with Gasteiger partial charge in [-0.1, -0.05) is 0 Å². The van der Waals surface area contributed by atoms with Gasteiger partial charge in [-0.25, -0.2) is 5.84 Å². The highest BCUT2D eigenvalue weighted by Crippen LogP contribution is 2.22. The maximum Gasteiger partial charge on any atom is 0.233 e. The molecule has 0 aromatic rings. The maximum absolute atomic E-state index is 10.8. The molecule has 5 heteroatoms. The van der Waals surface area contributed by atoms with Gasteiger partial charge in [-0.15, -0.1) is 0 Å². The lowest BCUT2D eigenvalue weighted by Gasteiger charge is -2.21. The average molecular weight is 218 g/mol. The number of carbonyl (C=O) groups is 1. The molecule has 1 amide bonds. The second kappa shape index (κ2) is 7.09. The minimum absolute atomic E-state index is 0.0717. The monoisotopic (exact) mass is 218 g/mol. The van der Waals surface area contributed by atoms with Crippen LogP contribution in [0.4, 0.5) is 0 Å². The lowest BCUT2D eigenvalue weighted by molar-refractivity contribution is -0.121. The van der Waals surface area contributed by atoms with Crippen LogP contribution in [0.1, 0.15) is 25.7 Å². The largest absolute Gasteiger partial charge is 0.381 e. The first-order valence-corrected chi connectivity index (χ1v) is 6.06. The molecule has 1 saturated heterocycles. The highest BCUT2D eigenvalue weighted by Gasteiger charge is 2.13. The molecule has 0 saturated carbocycles. The molecule has 82 valence electrons. The molecule has 14 heavy (non-hydrogen) atoms. The SMILES string of the molecule is NNC(=O)CCCSC1CCOCC1. The summed E-state index contributed by atoms with van der Waals surface area (Å²) >= 11 is 1.95. The zero-order valence-electron chi connectivity index (χ0n) is 8.33. The van der Waals surface area contributed by atoms with Gasteiger partial charge < -0.3 is 4.74 Å². The quantitative estimate of drug-likeness (QED) is 0.308. The molecule has 0 unspecified atom stereocenters. The number of hydrazine groups is 1. The predicted octanol–water partition coefficient (Wildman–Crippen LogP) is 0.669. The summed E-state index contributed by atoms with van der Waals surface area (Å²) in [5.74, 6) is 5.94. The Labute approximate surface area is 88.9 Å². The van der Waals surface area contributed by atoms with E-state index in [4.69, 9.17) is 10.6 Å². The van der Waals surface area contributed by atoms with E-state index in [0.717, 1.165) is 43.5 Å². The molecule has 4 nitrogen and oxygen atoms in total. The van der Waals surface area contributed by atoms with Crippen LogP contribution in [0.3, 0.4) is 0 Å². The normalized spacial score (nSPS) is 18.1. The smallest absolute Gasteiger partial charge is 0.233 e. The van der Waals surface area contributed by atoms with E-state index in [1.54, 1.807) is 0 Å². The fraction of sp³-hybridized carbons (Fsp3) is 0.889. The Morgan fingerprint density at radius 2 is 2.21 bits per heavy atom. The first-order chi connectivity index (χ1) is 6.83. The van der Waals surface area contributed by atoms with Crippen molar-refractivity contribution in [2.24, 2.45) is 5.84 Å². The highest BCUT2D eigenvalue weighted by atomic mass is 32.2. The molecule has 0 spiro atoms. The lowest BCUT2D eigenvalue weighted by atomic mass is 10.2. The standard InChI is InChI=1S/C9H18N2O2S/c10-11-9(12)2-1-7-14-8-3-5-13-6-4-8/h8H,1-7,10H2,(H,11,12). The summed E-state index contributed by atoms with van der Waals surface area (Å²) in [6, 6.07) is 0. The van der Waals surface area contributed by atoms with Gasteiger partial charge in [-0.2, -0.15) is 11.8 Å². The van der Waals surface area contributed by atoms with E-state index in [0.29, 0.717) is 6.42 Å². The molecule has 1 fully saturated rings. The second-order valence-electron chi connectivity index (χ2n) is 3.35. The number of thioether (sulfide) groups is 1. The Kier molecular flexibility index (Phi) is 5.98. The summed E-state index contributed by atoms with van der Waals surface area (Å²) in [5.41, 5.74) is 2.14. The number of hydrogen-bond donors (Lipinski definition) is 2. The van der Waals surface area contributed by atoms with Crippen molar-refractivity contribution in [3.63, 3.8) is 0 Å². The van der Waals surface area contributed by atoms with Gasteiger partial charge >= 0.3 is 0 Å². The zero-order valence-corrected chi connectivity index (χ0v) is 9.15. The first-order valence-electron chi connectivity index (χ1n) is 5.01. The van der Waals surface area contributed by atoms with E-state index in [9.17, 15) is 4.79 Å². The molecule has 1 aliphatic heterocycles. The van der Waals surface area contributed by atoms with E-state index < -0.39 is 0 Å². The zero-order chi connectivity index (χ0) is 10.2. The Balaban J connectivity index is 1.94. The minimum atomic E-state index is -0.0717. The van der Waals surface area contributed by atoms with Gasteiger partial charge in [0.25, 0.3) is 0 Å². The number of nitrogens with one attached hydrogen (secondary N) is 1. The van der Waals surface area contributed by atoms with E-state index in [1.807, 2.05) is 11.8 Å². The van der Waals surface area contributed by atoms with Crippen LogP contribution in [0.25, 0.3) is 0 Å². The van der Waals surface area contributed by atoms with Crippen molar-refractivity contribution in [2.75, 3.05) is 19.0 Å². The van der Waals surface area contributed by atoms with Crippen LogP contribution in [0.15, 0.2) is 0 Å². The van der Waals surface area contributed by atoms with Crippen molar-refractivity contribution in [3.05, 3.63) is 0 Å². The van der Waals surface area contributed by atoms with Gasteiger partial charge in [-0.05, 0) is 25.0 Å².